The lowest BCUT2D eigenvalue weighted by Crippen LogP contribution is -2.39. The Morgan fingerprint density at radius 2 is 0.639 bits per heavy atom. The number of hydrogen-bond acceptors (Lipinski definition) is 2. The highest BCUT2D eigenvalue weighted by Gasteiger charge is 2.24. The van der Waals surface area contributed by atoms with Crippen LogP contribution in [0.3, 0.4) is 0 Å². The Hall–Kier alpha value is -0.660. The lowest BCUT2D eigenvalue weighted by molar-refractivity contribution is 0.135. The molecule has 0 bridgehead atoms. The van der Waals surface area contributed by atoms with Gasteiger partial charge in [-0.05, 0) is 25.7 Å². The largest absolute Gasteiger partial charge is 0.356 e. The summed E-state index contributed by atoms with van der Waals surface area (Å²) in [5.74, 6) is 0. The highest BCUT2D eigenvalue weighted by atomic mass is 15.4. The molecule has 1 rings (SSSR count). The van der Waals surface area contributed by atoms with Gasteiger partial charge in [-0.1, -0.05) is 162 Å². The van der Waals surface area contributed by atoms with Crippen molar-refractivity contribution in [1.82, 2.24) is 9.80 Å². The molecule has 1 aliphatic rings. The first kappa shape index (κ1) is 33.4. The van der Waals surface area contributed by atoms with Gasteiger partial charge in [-0.3, -0.25) is 0 Å². The van der Waals surface area contributed by atoms with Crippen molar-refractivity contribution in [3.05, 3.63) is 12.4 Å². The molecule has 0 amide bonds. The van der Waals surface area contributed by atoms with Crippen LogP contribution in [0.5, 0.6) is 0 Å². The summed E-state index contributed by atoms with van der Waals surface area (Å²) in [6.45, 7) is 9.47. The summed E-state index contributed by atoms with van der Waals surface area (Å²) >= 11 is 0. The van der Waals surface area contributed by atoms with Crippen molar-refractivity contribution in [1.29, 1.82) is 0 Å². The van der Waals surface area contributed by atoms with E-state index in [1.165, 1.54) is 180 Å². The second kappa shape index (κ2) is 26.0. The topological polar surface area (TPSA) is 6.48 Å². The molecular formula is C34H68N2. The van der Waals surface area contributed by atoms with Gasteiger partial charge in [0.2, 0.25) is 0 Å². The number of rotatable bonds is 28. The lowest BCUT2D eigenvalue weighted by atomic mass is 10.1. The van der Waals surface area contributed by atoms with Crippen molar-refractivity contribution in [2.45, 2.75) is 194 Å². The van der Waals surface area contributed by atoms with Gasteiger partial charge in [0.1, 0.15) is 6.17 Å². The van der Waals surface area contributed by atoms with E-state index in [0.29, 0.717) is 6.17 Å². The second-order valence-corrected chi connectivity index (χ2v) is 11.8. The van der Waals surface area contributed by atoms with Crippen molar-refractivity contribution in [3.8, 4) is 0 Å². The zero-order valence-electron chi connectivity index (χ0n) is 25.4. The minimum Gasteiger partial charge on any atom is -0.356 e. The maximum Gasteiger partial charge on any atom is 0.101 e. The molecule has 1 atom stereocenters. The summed E-state index contributed by atoms with van der Waals surface area (Å²) in [4.78, 5) is 5.40. The quantitative estimate of drug-likeness (QED) is 0.0977. The van der Waals surface area contributed by atoms with Gasteiger partial charge in [-0.25, -0.2) is 0 Å². The summed E-state index contributed by atoms with van der Waals surface area (Å²) in [7, 11) is 0. The minimum atomic E-state index is 0.642. The SMILES string of the molecule is CCCCCCCCCCCCN1C=CN(CCCCCCCCCC)C1CCCCCCCCC. The van der Waals surface area contributed by atoms with Gasteiger partial charge < -0.3 is 9.80 Å². The van der Waals surface area contributed by atoms with Gasteiger partial charge in [-0.15, -0.1) is 0 Å². The Morgan fingerprint density at radius 3 is 0.972 bits per heavy atom. The van der Waals surface area contributed by atoms with E-state index in [1.54, 1.807) is 0 Å². The van der Waals surface area contributed by atoms with E-state index in [1.807, 2.05) is 0 Å². The van der Waals surface area contributed by atoms with Crippen LogP contribution in [0.2, 0.25) is 0 Å². The van der Waals surface area contributed by atoms with Crippen LogP contribution in [-0.2, 0) is 0 Å². The second-order valence-electron chi connectivity index (χ2n) is 11.8. The van der Waals surface area contributed by atoms with Gasteiger partial charge >= 0.3 is 0 Å². The third kappa shape index (κ3) is 18.6. The minimum absolute atomic E-state index is 0.642. The molecule has 0 saturated carbocycles. The van der Waals surface area contributed by atoms with Crippen LogP contribution in [0.25, 0.3) is 0 Å². The lowest BCUT2D eigenvalue weighted by Gasteiger charge is -2.33. The third-order valence-electron chi connectivity index (χ3n) is 8.32. The van der Waals surface area contributed by atoms with Gasteiger partial charge in [-0.2, -0.15) is 0 Å². The average Bonchev–Trinajstić information content (AvgIpc) is 3.27. The normalized spacial score (nSPS) is 15.5. The summed E-state index contributed by atoms with van der Waals surface area (Å²) in [5, 5.41) is 0. The van der Waals surface area contributed by atoms with Crippen LogP contribution in [0.15, 0.2) is 12.4 Å². The molecule has 1 aliphatic heterocycles. The van der Waals surface area contributed by atoms with E-state index < -0.39 is 0 Å². The van der Waals surface area contributed by atoms with Crippen LogP contribution in [0, 0.1) is 0 Å². The van der Waals surface area contributed by atoms with Crippen LogP contribution >= 0.6 is 0 Å². The first-order valence-corrected chi connectivity index (χ1v) is 17.0. The highest BCUT2D eigenvalue weighted by Crippen LogP contribution is 2.24. The predicted octanol–water partition coefficient (Wildman–Crippen LogP) is 11.6. The maximum absolute atomic E-state index is 2.70. The van der Waals surface area contributed by atoms with Gasteiger partial charge in [0.15, 0.2) is 0 Å². The standard InChI is InChI=1S/C34H68N2/c1-4-7-10-13-16-18-19-22-25-28-31-36-33-32-35(30-27-24-21-17-14-11-8-5-2)34(36)29-26-23-20-15-12-9-6-3/h32-34H,4-31H2,1-3H3. The first-order valence-electron chi connectivity index (χ1n) is 17.0. The Morgan fingerprint density at radius 1 is 0.361 bits per heavy atom. The van der Waals surface area contributed by atoms with Gasteiger partial charge in [0, 0.05) is 25.5 Å². The fourth-order valence-corrected chi connectivity index (χ4v) is 5.83. The molecule has 0 aromatic heterocycles. The van der Waals surface area contributed by atoms with E-state index in [4.69, 9.17) is 0 Å². The summed E-state index contributed by atoms with van der Waals surface area (Å²) in [5.41, 5.74) is 0. The van der Waals surface area contributed by atoms with E-state index in [2.05, 4.69) is 43.0 Å². The van der Waals surface area contributed by atoms with Crippen LogP contribution in [-0.4, -0.2) is 29.1 Å². The molecular weight excluding hydrogens is 436 g/mol. The molecule has 0 N–H and O–H groups in total. The van der Waals surface area contributed by atoms with E-state index in [0.717, 1.165) is 0 Å². The number of nitrogens with zero attached hydrogens (tertiary/aromatic N) is 2. The highest BCUT2D eigenvalue weighted by molar-refractivity contribution is 4.97. The van der Waals surface area contributed by atoms with Crippen LogP contribution in [0.1, 0.15) is 188 Å². The summed E-state index contributed by atoms with van der Waals surface area (Å²) in [6.07, 6.45) is 42.5. The van der Waals surface area contributed by atoms with Crippen molar-refractivity contribution in [2.24, 2.45) is 0 Å². The molecule has 2 heteroatoms. The summed E-state index contributed by atoms with van der Waals surface area (Å²) < 4.78 is 0. The Bertz CT molecular complexity index is 460. The molecule has 0 aliphatic carbocycles. The zero-order chi connectivity index (χ0) is 25.9. The van der Waals surface area contributed by atoms with E-state index in [9.17, 15) is 0 Å². The predicted molar refractivity (Wildman–Crippen MR) is 163 cm³/mol. The molecule has 2 nitrogen and oxygen atoms in total. The van der Waals surface area contributed by atoms with Crippen molar-refractivity contribution in [2.75, 3.05) is 13.1 Å². The molecule has 0 aromatic rings. The molecule has 0 saturated heterocycles. The van der Waals surface area contributed by atoms with E-state index in [-0.39, 0.29) is 0 Å². The monoisotopic (exact) mass is 505 g/mol. The van der Waals surface area contributed by atoms with Crippen LogP contribution < -0.4 is 0 Å². The molecule has 214 valence electrons. The average molecular weight is 505 g/mol. The Labute approximate surface area is 229 Å². The van der Waals surface area contributed by atoms with Crippen LogP contribution in [0.4, 0.5) is 0 Å². The third-order valence-corrected chi connectivity index (χ3v) is 8.32. The molecule has 0 spiro atoms. The van der Waals surface area contributed by atoms with Gasteiger partial charge in [0.25, 0.3) is 0 Å². The molecule has 0 aromatic carbocycles. The molecule has 0 fully saturated rings. The maximum atomic E-state index is 2.70. The molecule has 1 unspecified atom stereocenters. The zero-order valence-corrected chi connectivity index (χ0v) is 25.4. The van der Waals surface area contributed by atoms with Crippen molar-refractivity contribution < 1.29 is 0 Å². The Balaban J connectivity index is 2.25. The smallest absolute Gasteiger partial charge is 0.101 e. The summed E-state index contributed by atoms with van der Waals surface area (Å²) in [6, 6.07) is 0. The van der Waals surface area contributed by atoms with Gasteiger partial charge in [0.05, 0.1) is 0 Å². The fraction of sp³-hybridized carbons (Fsp3) is 0.941. The molecule has 36 heavy (non-hydrogen) atoms. The Kier molecular flexibility index (Phi) is 24.1. The number of unbranched alkanes of at least 4 members (excludes halogenated alkanes) is 22. The molecule has 1 heterocycles. The van der Waals surface area contributed by atoms with Crippen molar-refractivity contribution >= 4 is 0 Å². The first-order chi connectivity index (χ1) is 17.8. The fourth-order valence-electron chi connectivity index (χ4n) is 5.83. The molecule has 0 radical (unpaired) electrons. The number of hydrogen-bond donors (Lipinski definition) is 0. The van der Waals surface area contributed by atoms with Crippen molar-refractivity contribution in [3.63, 3.8) is 0 Å². The van der Waals surface area contributed by atoms with E-state index >= 15 is 0 Å².